The third-order valence-corrected chi connectivity index (χ3v) is 4.67. The molecule has 0 spiro atoms. The van der Waals surface area contributed by atoms with Crippen LogP contribution in [0.15, 0.2) is 0 Å². The van der Waals surface area contributed by atoms with E-state index in [0.717, 1.165) is 12.8 Å². The fourth-order valence-corrected chi connectivity index (χ4v) is 2.36. The number of sulfone groups is 1. The van der Waals surface area contributed by atoms with Crippen molar-refractivity contribution in [1.29, 1.82) is 0 Å². The van der Waals surface area contributed by atoms with Crippen molar-refractivity contribution >= 4 is 9.84 Å². The zero-order valence-corrected chi connectivity index (χ0v) is 9.32. The highest BCUT2D eigenvalue weighted by Gasteiger charge is 2.19. The number of hydrogen-bond donors (Lipinski definition) is 0. The van der Waals surface area contributed by atoms with E-state index < -0.39 is 9.84 Å². The zero-order chi connectivity index (χ0) is 9.78. The minimum atomic E-state index is -2.80. The lowest BCUT2D eigenvalue weighted by Crippen LogP contribution is -2.21. The van der Waals surface area contributed by atoms with Gasteiger partial charge in [0, 0.05) is 5.75 Å². The monoisotopic (exact) mass is 192 g/mol. The summed E-state index contributed by atoms with van der Waals surface area (Å²) in [5.74, 6) is 0.784. The lowest BCUT2D eigenvalue weighted by Gasteiger charge is -2.15. The molecule has 0 radical (unpaired) electrons. The highest BCUT2D eigenvalue weighted by molar-refractivity contribution is 7.91. The molecule has 0 aliphatic carbocycles. The van der Waals surface area contributed by atoms with Crippen LogP contribution in [0.1, 0.15) is 40.5 Å². The van der Waals surface area contributed by atoms with Gasteiger partial charge in [0.05, 0.1) is 5.25 Å². The van der Waals surface area contributed by atoms with Crippen LogP contribution >= 0.6 is 0 Å². The fraction of sp³-hybridized carbons (Fsp3) is 1.00. The number of rotatable bonds is 5. The molecule has 74 valence electrons. The van der Waals surface area contributed by atoms with Crippen molar-refractivity contribution in [3.8, 4) is 0 Å². The summed E-state index contributed by atoms with van der Waals surface area (Å²) in [6, 6.07) is 0. The van der Waals surface area contributed by atoms with E-state index >= 15 is 0 Å². The summed E-state index contributed by atoms with van der Waals surface area (Å²) in [6.07, 6.45) is 1.86. The van der Waals surface area contributed by atoms with Crippen LogP contribution in [0.25, 0.3) is 0 Å². The van der Waals surface area contributed by atoms with Gasteiger partial charge in [-0.15, -0.1) is 0 Å². The SMILES string of the molecule is CCC(C)CC(C)S(=O)(=O)CC. The molecule has 2 nitrogen and oxygen atoms in total. The molecule has 3 heteroatoms. The first-order valence-electron chi connectivity index (χ1n) is 4.65. The molecule has 0 aromatic carbocycles. The maximum atomic E-state index is 11.4. The summed E-state index contributed by atoms with van der Waals surface area (Å²) in [5.41, 5.74) is 0. The molecule has 0 amide bonds. The van der Waals surface area contributed by atoms with E-state index in [1.165, 1.54) is 0 Å². The van der Waals surface area contributed by atoms with Gasteiger partial charge >= 0.3 is 0 Å². The predicted molar refractivity (Wildman–Crippen MR) is 53.0 cm³/mol. The Labute approximate surface area is 76.3 Å². The Bertz CT molecular complexity index is 207. The van der Waals surface area contributed by atoms with Gasteiger partial charge in [-0.1, -0.05) is 27.2 Å². The lowest BCUT2D eigenvalue weighted by molar-refractivity contribution is 0.495. The average molecular weight is 192 g/mol. The lowest BCUT2D eigenvalue weighted by atomic mass is 10.0. The van der Waals surface area contributed by atoms with Crippen LogP contribution in [0.4, 0.5) is 0 Å². The van der Waals surface area contributed by atoms with Gasteiger partial charge < -0.3 is 0 Å². The van der Waals surface area contributed by atoms with E-state index in [1.54, 1.807) is 6.92 Å². The maximum Gasteiger partial charge on any atom is 0.152 e. The average Bonchev–Trinajstić information content (AvgIpc) is 2.04. The molecular formula is C9H20O2S. The Balaban J connectivity index is 4.13. The molecule has 0 rings (SSSR count). The quantitative estimate of drug-likeness (QED) is 0.669. The minimum Gasteiger partial charge on any atom is -0.229 e. The van der Waals surface area contributed by atoms with Gasteiger partial charge in [0.15, 0.2) is 9.84 Å². The Hall–Kier alpha value is -0.0500. The molecule has 12 heavy (non-hydrogen) atoms. The molecule has 0 saturated carbocycles. The molecule has 2 atom stereocenters. The van der Waals surface area contributed by atoms with Gasteiger partial charge in [-0.25, -0.2) is 8.42 Å². The topological polar surface area (TPSA) is 34.1 Å². The first-order valence-corrected chi connectivity index (χ1v) is 6.37. The molecular weight excluding hydrogens is 172 g/mol. The van der Waals surface area contributed by atoms with E-state index in [4.69, 9.17) is 0 Å². The summed E-state index contributed by atoms with van der Waals surface area (Å²) in [6.45, 7) is 7.71. The van der Waals surface area contributed by atoms with E-state index in [2.05, 4.69) is 13.8 Å². The van der Waals surface area contributed by atoms with Crippen molar-refractivity contribution in [3.05, 3.63) is 0 Å². The van der Waals surface area contributed by atoms with Crippen LogP contribution in [0, 0.1) is 5.92 Å². The van der Waals surface area contributed by atoms with E-state index in [9.17, 15) is 8.42 Å². The second kappa shape index (κ2) is 4.85. The second-order valence-electron chi connectivity index (χ2n) is 3.51. The van der Waals surface area contributed by atoms with Crippen LogP contribution in [0.5, 0.6) is 0 Å². The van der Waals surface area contributed by atoms with Gasteiger partial charge in [-0.2, -0.15) is 0 Å². The van der Waals surface area contributed by atoms with E-state index in [1.807, 2.05) is 6.92 Å². The van der Waals surface area contributed by atoms with Crippen molar-refractivity contribution in [3.63, 3.8) is 0 Å². The molecule has 0 bridgehead atoms. The zero-order valence-electron chi connectivity index (χ0n) is 8.50. The molecule has 0 aromatic rings. The molecule has 0 N–H and O–H groups in total. The maximum absolute atomic E-state index is 11.4. The Morgan fingerprint density at radius 2 is 1.67 bits per heavy atom. The van der Waals surface area contributed by atoms with Crippen LogP contribution in [-0.2, 0) is 9.84 Å². The van der Waals surface area contributed by atoms with Crippen molar-refractivity contribution < 1.29 is 8.42 Å². The van der Waals surface area contributed by atoms with Gasteiger partial charge in [0.2, 0.25) is 0 Å². The molecule has 0 aliphatic heterocycles. The van der Waals surface area contributed by atoms with Crippen LogP contribution in [0.2, 0.25) is 0 Å². The summed E-state index contributed by atoms with van der Waals surface area (Å²) in [7, 11) is -2.80. The highest BCUT2D eigenvalue weighted by Crippen LogP contribution is 2.15. The summed E-state index contributed by atoms with van der Waals surface area (Å²) < 4.78 is 22.7. The predicted octanol–water partition coefficient (Wildman–Crippen LogP) is 2.25. The first kappa shape index (κ1) is 11.9. The Kier molecular flexibility index (Phi) is 4.83. The van der Waals surface area contributed by atoms with Crippen molar-refractivity contribution in [2.75, 3.05) is 5.75 Å². The highest BCUT2D eigenvalue weighted by atomic mass is 32.2. The molecule has 0 saturated heterocycles. The van der Waals surface area contributed by atoms with Crippen LogP contribution in [0.3, 0.4) is 0 Å². The smallest absolute Gasteiger partial charge is 0.152 e. The summed E-state index contributed by atoms with van der Waals surface area (Å²) in [5, 5.41) is -0.169. The van der Waals surface area contributed by atoms with Gasteiger partial charge in [-0.05, 0) is 19.3 Å². The summed E-state index contributed by atoms with van der Waals surface area (Å²) >= 11 is 0. The Morgan fingerprint density at radius 1 is 1.17 bits per heavy atom. The van der Waals surface area contributed by atoms with Gasteiger partial charge in [0.1, 0.15) is 0 Å². The molecule has 2 unspecified atom stereocenters. The second-order valence-corrected chi connectivity index (χ2v) is 6.22. The first-order chi connectivity index (χ1) is 5.44. The van der Waals surface area contributed by atoms with Crippen LogP contribution in [-0.4, -0.2) is 19.4 Å². The molecule has 0 fully saturated rings. The summed E-state index contributed by atoms with van der Waals surface area (Å²) in [4.78, 5) is 0. The standard InChI is InChI=1S/C9H20O2S/c1-5-8(3)7-9(4)12(10,11)6-2/h8-9H,5-7H2,1-4H3. The molecule has 0 aliphatic rings. The van der Waals surface area contributed by atoms with Crippen molar-refractivity contribution in [2.45, 2.75) is 45.8 Å². The normalized spacial score (nSPS) is 17.3. The van der Waals surface area contributed by atoms with Crippen LogP contribution < -0.4 is 0 Å². The minimum absolute atomic E-state index is 0.169. The third kappa shape index (κ3) is 3.57. The van der Waals surface area contributed by atoms with Gasteiger partial charge in [0.25, 0.3) is 0 Å². The van der Waals surface area contributed by atoms with Crippen molar-refractivity contribution in [2.24, 2.45) is 5.92 Å². The molecule has 0 heterocycles. The number of hydrogen-bond acceptors (Lipinski definition) is 2. The Morgan fingerprint density at radius 3 is 2.00 bits per heavy atom. The van der Waals surface area contributed by atoms with Crippen molar-refractivity contribution in [1.82, 2.24) is 0 Å². The molecule has 0 aromatic heterocycles. The van der Waals surface area contributed by atoms with E-state index in [0.29, 0.717) is 5.92 Å². The van der Waals surface area contributed by atoms with Gasteiger partial charge in [-0.3, -0.25) is 0 Å². The fourth-order valence-electron chi connectivity index (χ4n) is 1.16. The third-order valence-electron chi connectivity index (χ3n) is 2.45. The largest absolute Gasteiger partial charge is 0.229 e. The van der Waals surface area contributed by atoms with E-state index in [-0.39, 0.29) is 11.0 Å².